The van der Waals surface area contributed by atoms with Crippen molar-refractivity contribution in [1.29, 1.82) is 0 Å². The summed E-state index contributed by atoms with van der Waals surface area (Å²) in [6.07, 6.45) is 0.299. The number of carbonyl (C=O) groups excluding carboxylic acids is 3. The average molecular weight is 401 g/mol. The molecule has 0 bridgehead atoms. The van der Waals surface area contributed by atoms with Crippen LogP contribution in [0.3, 0.4) is 0 Å². The first-order valence-electron chi connectivity index (χ1n) is 8.90. The zero-order valence-electron chi connectivity index (χ0n) is 15.6. The van der Waals surface area contributed by atoms with Crippen LogP contribution in [0, 0.1) is 16.0 Å². The van der Waals surface area contributed by atoms with Gasteiger partial charge in [0.25, 0.3) is 11.6 Å². The second kappa shape index (κ2) is 8.55. The van der Waals surface area contributed by atoms with E-state index in [1.165, 1.54) is 42.4 Å². The maximum absolute atomic E-state index is 12.4. The summed E-state index contributed by atoms with van der Waals surface area (Å²) in [6.45, 7) is 1.78. The molecule has 1 saturated heterocycles. The molecule has 0 unspecified atom stereocenters. The molecule has 2 amide bonds. The number of nitro groups is 1. The number of nitro benzene ring substituents is 1. The molecule has 3 rings (SSSR count). The van der Waals surface area contributed by atoms with E-state index in [2.05, 4.69) is 5.32 Å². The summed E-state index contributed by atoms with van der Waals surface area (Å²) in [5.41, 5.74) is -0.264. The highest BCUT2D eigenvalue weighted by Gasteiger charge is 2.37. The predicted octanol–water partition coefficient (Wildman–Crippen LogP) is 2.11. The van der Waals surface area contributed by atoms with Crippen LogP contribution in [0.4, 0.5) is 11.4 Å². The van der Waals surface area contributed by atoms with Crippen LogP contribution in [0.1, 0.15) is 19.1 Å². The molecule has 10 heteroatoms. The van der Waals surface area contributed by atoms with E-state index in [9.17, 15) is 24.5 Å². The molecular formula is C19H19N3O7. The van der Waals surface area contributed by atoms with Crippen LogP contribution in [-0.2, 0) is 25.7 Å². The Morgan fingerprint density at radius 1 is 1.34 bits per heavy atom. The van der Waals surface area contributed by atoms with Crippen molar-refractivity contribution >= 4 is 29.2 Å². The van der Waals surface area contributed by atoms with E-state index >= 15 is 0 Å². The third-order valence-corrected chi connectivity index (χ3v) is 4.50. The van der Waals surface area contributed by atoms with E-state index in [1.54, 1.807) is 12.1 Å². The lowest BCUT2D eigenvalue weighted by molar-refractivity contribution is -0.383. The maximum Gasteiger partial charge on any atom is 0.312 e. The van der Waals surface area contributed by atoms with E-state index in [-0.39, 0.29) is 36.8 Å². The number of para-hydroxylation sites is 2. The Morgan fingerprint density at radius 3 is 2.79 bits per heavy atom. The van der Waals surface area contributed by atoms with Crippen molar-refractivity contribution in [2.24, 2.45) is 5.92 Å². The van der Waals surface area contributed by atoms with E-state index < -0.39 is 28.8 Å². The number of nitrogens with one attached hydrogen (secondary N) is 1. The van der Waals surface area contributed by atoms with E-state index in [1.807, 2.05) is 0 Å². The molecule has 1 aliphatic rings. The topological polar surface area (TPSA) is 132 Å². The normalized spacial score (nSPS) is 17.1. The summed E-state index contributed by atoms with van der Waals surface area (Å²) < 4.78 is 10.4. The summed E-state index contributed by atoms with van der Waals surface area (Å²) in [5.74, 6) is -1.68. The highest BCUT2D eigenvalue weighted by molar-refractivity contribution is 5.97. The number of carbonyl (C=O) groups is 3. The summed E-state index contributed by atoms with van der Waals surface area (Å²) in [6, 6.07) is 9.09. The van der Waals surface area contributed by atoms with Crippen molar-refractivity contribution in [3.05, 3.63) is 58.5 Å². The number of hydrogen-bond donors (Lipinski definition) is 1. The summed E-state index contributed by atoms with van der Waals surface area (Å²) in [7, 11) is 0. The van der Waals surface area contributed by atoms with Crippen molar-refractivity contribution in [1.82, 2.24) is 4.90 Å². The Morgan fingerprint density at radius 2 is 2.10 bits per heavy atom. The Hall–Kier alpha value is -3.69. The number of rotatable bonds is 7. The fourth-order valence-electron chi connectivity index (χ4n) is 2.97. The monoisotopic (exact) mass is 401 g/mol. The Kier molecular flexibility index (Phi) is 5.91. The van der Waals surface area contributed by atoms with Gasteiger partial charge in [0.05, 0.1) is 23.6 Å². The molecule has 1 aromatic heterocycles. The largest absolute Gasteiger partial charge is 0.467 e. The summed E-state index contributed by atoms with van der Waals surface area (Å²) in [5, 5.41) is 13.4. The highest BCUT2D eigenvalue weighted by atomic mass is 16.6. The number of likely N-dealkylation sites (tertiary alicyclic amines) is 1. The third kappa shape index (κ3) is 4.78. The van der Waals surface area contributed by atoms with E-state index in [4.69, 9.17) is 9.15 Å². The first-order valence-corrected chi connectivity index (χ1v) is 8.90. The molecule has 1 fully saturated rings. The van der Waals surface area contributed by atoms with Crippen molar-refractivity contribution < 1.29 is 28.5 Å². The Balaban J connectivity index is 1.55. The number of furan rings is 1. The first kappa shape index (κ1) is 20.1. The molecule has 2 heterocycles. The van der Waals surface area contributed by atoms with Gasteiger partial charge in [-0.1, -0.05) is 12.1 Å². The summed E-state index contributed by atoms with van der Waals surface area (Å²) in [4.78, 5) is 48.7. The standard InChI is InChI=1S/C19H19N3O7/c1-12(18(24)20-15-6-2-3-7-16(15)22(26)27)29-19(25)13-9-17(23)21(10-13)11-14-5-4-8-28-14/h2-8,12-13H,9-11H2,1H3,(H,20,24)/t12-,13-/m0/s1. The molecule has 1 N–H and O–H groups in total. The average Bonchev–Trinajstić information content (AvgIpc) is 3.32. The Bertz CT molecular complexity index is 926. The lowest BCUT2D eigenvalue weighted by Gasteiger charge is -2.17. The van der Waals surface area contributed by atoms with Crippen LogP contribution in [-0.4, -0.2) is 40.3 Å². The maximum atomic E-state index is 12.4. The predicted molar refractivity (Wildman–Crippen MR) is 99.5 cm³/mol. The van der Waals surface area contributed by atoms with Gasteiger partial charge in [0.15, 0.2) is 6.10 Å². The number of amides is 2. The number of benzene rings is 1. The lowest BCUT2D eigenvalue weighted by Crippen LogP contribution is -2.33. The van der Waals surface area contributed by atoms with Gasteiger partial charge in [0.2, 0.25) is 5.91 Å². The van der Waals surface area contributed by atoms with Crippen molar-refractivity contribution in [3.8, 4) is 0 Å². The molecule has 0 saturated carbocycles. The molecule has 0 spiro atoms. The molecular weight excluding hydrogens is 382 g/mol. The fourth-order valence-corrected chi connectivity index (χ4v) is 2.97. The zero-order chi connectivity index (χ0) is 21.0. The van der Waals surface area contributed by atoms with Crippen molar-refractivity contribution in [2.45, 2.75) is 26.0 Å². The molecule has 1 aliphatic heterocycles. The molecule has 1 aromatic carbocycles. The minimum absolute atomic E-state index is 0.00562. The van der Waals surface area contributed by atoms with Gasteiger partial charge in [-0.05, 0) is 25.1 Å². The summed E-state index contributed by atoms with van der Waals surface area (Å²) >= 11 is 0. The van der Waals surface area contributed by atoms with Crippen LogP contribution < -0.4 is 5.32 Å². The molecule has 0 aliphatic carbocycles. The Labute approximate surface area is 165 Å². The third-order valence-electron chi connectivity index (χ3n) is 4.50. The van der Waals surface area contributed by atoms with Gasteiger partial charge in [0.1, 0.15) is 11.4 Å². The van der Waals surface area contributed by atoms with Crippen LogP contribution in [0.5, 0.6) is 0 Å². The van der Waals surface area contributed by atoms with Crippen LogP contribution in [0.15, 0.2) is 47.1 Å². The molecule has 29 heavy (non-hydrogen) atoms. The minimum atomic E-state index is -1.18. The van der Waals surface area contributed by atoms with Gasteiger partial charge in [-0.15, -0.1) is 0 Å². The fraction of sp³-hybridized carbons (Fsp3) is 0.316. The van der Waals surface area contributed by atoms with Gasteiger partial charge >= 0.3 is 5.97 Å². The smallest absolute Gasteiger partial charge is 0.312 e. The second-order valence-electron chi connectivity index (χ2n) is 6.60. The van der Waals surface area contributed by atoms with Crippen molar-refractivity contribution in [3.63, 3.8) is 0 Å². The molecule has 2 atom stereocenters. The minimum Gasteiger partial charge on any atom is -0.467 e. The molecule has 2 aromatic rings. The number of nitrogens with zero attached hydrogens (tertiary/aromatic N) is 2. The van der Waals surface area contributed by atoms with Crippen molar-refractivity contribution in [2.75, 3.05) is 11.9 Å². The number of esters is 1. The van der Waals surface area contributed by atoms with Gasteiger partial charge in [-0.25, -0.2) is 0 Å². The quantitative estimate of drug-likeness (QED) is 0.427. The first-order chi connectivity index (χ1) is 13.8. The van der Waals surface area contributed by atoms with Crippen LogP contribution in [0.2, 0.25) is 0 Å². The molecule has 152 valence electrons. The number of anilines is 1. The zero-order valence-corrected chi connectivity index (χ0v) is 15.6. The molecule has 0 radical (unpaired) electrons. The molecule has 10 nitrogen and oxygen atoms in total. The van der Waals surface area contributed by atoms with Gasteiger partial charge in [-0.2, -0.15) is 0 Å². The van der Waals surface area contributed by atoms with E-state index in [0.717, 1.165) is 0 Å². The van der Waals surface area contributed by atoms with Gasteiger partial charge in [-0.3, -0.25) is 24.5 Å². The second-order valence-corrected chi connectivity index (χ2v) is 6.60. The van der Waals surface area contributed by atoms with E-state index in [0.29, 0.717) is 5.76 Å². The van der Waals surface area contributed by atoms with Crippen LogP contribution >= 0.6 is 0 Å². The highest BCUT2D eigenvalue weighted by Crippen LogP contribution is 2.24. The van der Waals surface area contributed by atoms with Gasteiger partial charge < -0.3 is 19.4 Å². The number of hydrogen-bond acceptors (Lipinski definition) is 7. The lowest BCUT2D eigenvalue weighted by atomic mass is 10.1. The van der Waals surface area contributed by atoms with Crippen LogP contribution in [0.25, 0.3) is 0 Å². The number of ether oxygens (including phenoxy) is 1. The van der Waals surface area contributed by atoms with Gasteiger partial charge in [0, 0.05) is 19.0 Å². The SMILES string of the molecule is C[C@H](OC(=O)[C@H]1CC(=O)N(Cc2ccco2)C1)C(=O)Nc1ccccc1[N+](=O)[O-].